The summed E-state index contributed by atoms with van der Waals surface area (Å²) in [4.78, 5) is 11.3. The number of ether oxygens (including phenoxy) is 1. The standard InChI is InChI=1S/C17H14N2O3S/c1-2-6-13(7-3-1)22-19-14(17-18-10-11-20-17)12-21-15-8-4-5-9-16(15)23-19/h1-11,14H,12H2. The van der Waals surface area contributed by atoms with Crippen molar-refractivity contribution in [1.82, 2.24) is 9.45 Å². The summed E-state index contributed by atoms with van der Waals surface area (Å²) >= 11 is 1.47. The van der Waals surface area contributed by atoms with Crippen molar-refractivity contribution in [2.45, 2.75) is 10.9 Å². The summed E-state index contributed by atoms with van der Waals surface area (Å²) in [6, 6.07) is 17.2. The van der Waals surface area contributed by atoms with Gasteiger partial charge in [0.1, 0.15) is 24.4 Å². The maximum absolute atomic E-state index is 6.04. The molecule has 0 aliphatic carbocycles. The second-order valence-corrected chi connectivity index (χ2v) is 5.91. The van der Waals surface area contributed by atoms with E-state index in [4.69, 9.17) is 14.0 Å². The van der Waals surface area contributed by atoms with Crippen molar-refractivity contribution in [3.63, 3.8) is 0 Å². The highest BCUT2D eigenvalue weighted by molar-refractivity contribution is 7.97. The average molecular weight is 326 g/mol. The van der Waals surface area contributed by atoms with E-state index in [1.54, 1.807) is 16.9 Å². The van der Waals surface area contributed by atoms with Gasteiger partial charge in [-0.2, -0.15) is 0 Å². The molecule has 6 heteroatoms. The molecule has 2 aromatic carbocycles. The lowest BCUT2D eigenvalue weighted by Crippen LogP contribution is -2.29. The summed E-state index contributed by atoms with van der Waals surface area (Å²) in [6.07, 6.45) is 3.18. The van der Waals surface area contributed by atoms with Crippen LogP contribution in [0.4, 0.5) is 0 Å². The molecule has 0 bridgehead atoms. The molecule has 0 saturated heterocycles. The molecular formula is C17H14N2O3S. The van der Waals surface area contributed by atoms with Gasteiger partial charge in [-0.25, -0.2) is 4.98 Å². The van der Waals surface area contributed by atoms with Crippen molar-refractivity contribution >= 4 is 11.9 Å². The molecule has 0 radical (unpaired) electrons. The number of rotatable bonds is 3. The van der Waals surface area contributed by atoms with Crippen molar-refractivity contribution in [2.75, 3.05) is 6.61 Å². The third-order valence-corrected chi connectivity index (χ3v) is 4.41. The summed E-state index contributed by atoms with van der Waals surface area (Å²) in [5.41, 5.74) is 0. The number of aromatic nitrogens is 1. The van der Waals surface area contributed by atoms with Gasteiger partial charge in [0.05, 0.1) is 11.1 Å². The Morgan fingerprint density at radius 3 is 2.74 bits per heavy atom. The van der Waals surface area contributed by atoms with E-state index >= 15 is 0 Å². The lowest BCUT2D eigenvalue weighted by Gasteiger charge is -2.24. The van der Waals surface area contributed by atoms with E-state index < -0.39 is 0 Å². The Bertz CT molecular complexity index is 765. The molecule has 2 heterocycles. The van der Waals surface area contributed by atoms with E-state index in [-0.39, 0.29) is 6.04 Å². The van der Waals surface area contributed by atoms with Crippen LogP contribution in [-0.2, 0) is 0 Å². The van der Waals surface area contributed by atoms with Gasteiger partial charge in [-0.05, 0) is 24.3 Å². The first-order chi connectivity index (χ1) is 11.4. The predicted molar refractivity (Wildman–Crippen MR) is 85.9 cm³/mol. The van der Waals surface area contributed by atoms with Gasteiger partial charge in [0.15, 0.2) is 6.04 Å². The molecule has 116 valence electrons. The van der Waals surface area contributed by atoms with E-state index in [9.17, 15) is 0 Å². The molecule has 1 aliphatic heterocycles. The van der Waals surface area contributed by atoms with E-state index in [1.165, 1.54) is 11.9 Å². The zero-order valence-electron chi connectivity index (χ0n) is 12.2. The molecule has 0 N–H and O–H groups in total. The van der Waals surface area contributed by atoms with Gasteiger partial charge in [0.2, 0.25) is 5.89 Å². The lowest BCUT2D eigenvalue weighted by molar-refractivity contribution is -0.0161. The molecule has 1 aromatic heterocycles. The summed E-state index contributed by atoms with van der Waals surface area (Å²) in [5.74, 6) is 2.13. The minimum Gasteiger partial charge on any atom is -0.490 e. The molecule has 0 saturated carbocycles. The topological polar surface area (TPSA) is 47.7 Å². The maximum atomic E-state index is 6.04. The van der Waals surface area contributed by atoms with E-state index in [2.05, 4.69) is 4.98 Å². The largest absolute Gasteiger partial charge is 0.490 e. The van der Waals surface area contributed by atoms with Crippen LogP contribution in [0.5, 0.6) is 11.5 Å². The molecule has 0 amide bonds. The maximum Gasteiger partial charge on any atom is 0.219 e. The Balaban J connectivity index is 1.67. The zero-order valence-corrected chi connectivity index (χ0v) is 13.0. The number of nitrogens with zero attached hydrogens (tertiary/aromatic N) is 2. The van der Waals surface area contributed by atoms with Crippen molar-refractivity contribution in [1.29, 1.82) is 0 Å². The van der Waals surface area contributed by atoms with Crippen LogP contribution in [0, 0.1) is 0 Å². The van der Waals surface area contributed by atoms with Gasteiger partial charge in [-0.3, -0.25) is 0 Å². The van der Waals surface area contributed by atoms with Crippen molar-refractivity contribution < 1.29 is 14.0 Å². The highest BCUT2D eigenvalue weighted by atomic mass is 32.2. The quantitative estimate of drug-likeness (QED) is 0.675. The summed E-state index contributed by atoms with van der Waals surface area (Å²) < 4.78 is 13.2. The molecular weight excluding hydrogens is 312 g/mol. The molecule has 0 fully saturated rings. The Labute approximate surface area is 137 Å². The van der Waals surface area contributed by atoms with Crippen LogP contribution in [0.3, 0.4) is 0 Å². The van der Waals surface area contributed by atoms with E-state index in [0.717, 1.165) is 16.4 Å². The first-order valence-corrected chi connectivity index (χ1v) is 7.99. The van der Waals surface area contributed by atoms with Crippen molar-refractivity contribution in [2.24, 2.45) is 0 Å². The second kappa shape index (κ2) is 6.36. The van der Waals surface area contributed by atoms with Gasteiger partial charge in [0, 0.05) is 11.9 Å². The van der Waals surface area contributed by atoms with Crippen LogP contribution >= 0.6 is 11.9 Å². The Morgan fingerprint density at radius 1 is 1.09 bits per heavy atom. The fourth-order valence-corrected chi connectivity index (χ4v) is 3.21. The van der Waals surface area contributed by atoms with Crippen LogP contribution < -0.4 is 9.57 Å². The fourth-order valence-electron chi connectivity index (χ4n) is 2.26. The van der Waals surface area contributed by atoms with Gasteiger partial charge >= 0.3 is 0 Å². The second-order valence-electron chi connectivity index (χ2n) is 4.92. The van der Waals surface area contributed by atoms with Crippen LogP contribution in [0.2, 0.25) is 0 Å². The number of benzene rings is 2. The highest BCUT2D eigenvalue weighted by Gasteiger charge is 2.32. The van der Waals surface area contributed by atoms with Crippen LogP contribution in [0.25, 0.3) is 0 Å². The number of fused-ring (bicyclic) bond motifs is 1. The Morgan fingerprint density at radius 2 is 1.91 bits per heavy atom. The SMILES string of the molecule is c1ccc(ON2Sc3ccccc3OCC2c2ncco2)cc1. The molecule has 1 atom stereocenters. The summed E-state index contributed by atoms with van der Waals surface area (Å²) in [7, 11) is 0. The zero-order chi connectivity index (χ0) is 15.5. The van der Waals surface area contributed by atoms with Crippen molar-refractivity contribution in [3.8, 4) is 11.5 Å². The fraction of sp³-hybridized carbons (Fsp3) is 0.118. The highest BCUT2D eigenvalue weighted by Crippen LogP contribution is 2.40. The van der Waals surface area contributed by atoms with Crippen LogP contribution in [0.15, 0.2) is 76.4 Å². The van der Waals surface area contributed by atoms with E-state index in [1.807, 2.05) is 54.6 Å². The number of hydrogen-bond donors (Lipinski definition) is 0. The first-order valence-electron chi connectivity index (χ1n) is 7.21. The Kier molecular flexibility index (Phi) is 3.92. The van der Waals surface area contributed by atoms with Gasteiger partial charge in [-0.1, -0.05) is 34.8 Å². The molecule has 1 aliphatic rings. The van der Waals surface area contributed by atoms with Gasteiger partial charge in [-0.15, -0.1) is 0 Å². The third kappa shape index (κ3) is 3.04. The summed E-state index contributed by atoms with van der Waals surface area (Å²) in [6.45, 7) is 0.386. The summed E-state index contributed by atoms with van der Waals surface area (Å²) in [5, 5.41) is 0. The van der Waals surface area contributed by atoms with Crippen molar-refractivity contribution in [3.05, 3.63) is 72.9 Å². The lowest BCUT2D eigenvalue weighted by atomic mass is 10.3. The molecule has 23 heavy (non-hydrogen) atoms. The van der Waals surface area contributed by atoms with Crippen LogP contribution in [0.1, 0.15) is 11.9 Å². The van der Waals surface area contributed by atoms with Gasteiger partial charge in [0.25, 0.3) is 0 Å². The molecule has 4 rings (SSSR count). The minimum atomic E-state index is -0.261. The molecule has 5 nitrogen and oxygen atoms in total. The predicted octanol–water partition coefficient (Wildman–Crippen LogP) is 4.11. The molecule has 0 spiro atoms. The Hall–Kier alpha value is -2.44. The average Bonchev–Trinajstić information content (AvgIpc) is 3.05. The number of para-hydroxylation sites is 2. The number of oxazole rings is 1. The number of hydrogen-bond acceptors (Lipinski definition) is 6. The first kappa shape index (κ1) is 14.2. The normalized spacial score (nSPS) is 17.8. The molecule has 1 unspecified atom stereocenters. The van der Waals surface area contributed by atoms with Crippen LogP contribution in [-0.4, -0.2) is 16.1 Å². The smallest absolute Gasteiger partial charge is 0.219 e. The monoisotopic (exact) mass is 326 g/mol. The number of hydroxylamine groups is 1. The molecule has 3 aromatic rings. The minimum absolute atomic E-state index is 0.261. The van der Waals surface area contributed by atoms with Gasteiger partial charge < -0.3 is 14.0 Å². The van der Waals surface area contributed by atoms with E-state index in [0.29, 0.717) is 12.5 Å². The third-order valence-electron chi connectivity index (χ3n) is 3.36.